The van der Waals surface area contributed by atoms with Crippen molar-refractivity contribution in [3.05, 3.63) is 64.7 Å². The summed E-state index contributed by atoms with van der Waals surface area (Å²) in [5.41, 5.74) is 3.54. The summed E-state index contributed by atoms with van der Waals surface area (Å²) >= 11 is 0. The average Bonchev–Trinajstić information content (AvgIpc) is 2.73. The van der Waals surface area contributed by atoms with Gasteiger partial charge in [-0.3, -0.25) is 4.79 Å². The van der Waals surface area contributed by atoms with Crippen molar-refractivity contribution in [2.45, 2.75) is 64.7 Å². The first-order valence-corrected chi connectivity index (χ1v) is 11.0. The summed E-state index contributed by atoms with van der Waals surface area (Å²) in [5.74, 6) is -0.293. The van der Waals surface area contributed by atoms with Crippen molar-refractivity contribution in [3.63, 3.8) is 0 Å². The van der Waals surface area contributed by atoms with Crippen molar-refractivity contribution < 1.29 is 15.0 Å². The zero-order valence-electron chi connectivity index (χ0n) is 18.3. The second kappa shape index (κ2) is 9.84. The summed E-state index contributed by atoms with van der Waals surface area (Å²) in [7, 11) is 1.73. The molecule has 0 spiro atoms. The van der Waals surface area contributed by atoms with E-state index in [1.54, 1.807) is 18.0 Å². The first-order chi connectivity index (χ1) is 14.4. The van der Waals surface area contributed by atoms with E-state index in [0.717, 1.165) is 44.2 Å². The molecule has 2 aromatic rings. The third-order valence-corrected chi connectivity index (χ3v) is 6.05. The summed E-state index contributed by atoms with van der Waals surface area (Å²) in [6.07, 6.45) is 8.68. The van der Waals surface area contributed by atoms with Crippen molar-refractivity contribution in [3.8, 4) is 11.5 Å². The molecule has 1 unspecified atom stereocenters. The lowest BCUT2D eigenvalue weighted by Crippen LogP contribution is -2.27. The van der Waals surface area contributed by atoms with Crippen LogP contribution in [0.15, 0.2) is 48.0 Å². The van der Waals surface area contributed by atoms with Crippen LogP contribution in [0.25, 0.3) is 0 Å². The second-order valence-electron chi connectivity index (χ2n) is 8.36. The SMILES string of the molecule is CCCCCc1cc(O)c(C2C=C(C)CCC2)c(O)c1C(=O)N(C)c1ccccc1. The number of carbonyl (C=O) groups is 1. The molecule has 0 saturated heterocycles. The molecule has 0 aliphatic heterocycles. The summed E-state index contributed by atoms with van der Waals surface area (Å²) in [6.45, 7) is 4.21. The average molecular weight is 408 g/mol. The molecular weight excluding hydrogens is 374 g/mol. The van der Waals surface area contributed by atoms with E-state index < -0.39 is 0 Å². The number of hydrogen-bond acceptors (Lipinski definition) is 3. The molecule has 1 atom stereocenters. The van der Waals surface area contributed by atoms with Crippen LogP contribution in [-0.4, -0.2) is 23.2 Å². The van der Waals surface area contributed by atoms with Gasteiger partial charge in [0.2, 0.25) is 0 Å². The van der Waals surface area contributed by atoms with Gasteiger partial charge >= 0.3 is 0 Å². The lowest BCUT2D eigenvalue weighted by Gasteiger charge is -2.26. The van der Waals surface area contributed by atoms with Crippen LogP contribution in [0.2, 0.25) is 0 Å². The lowest BCUT2D eigenvalue weighted by molar-refractivity contribution is 0.0989. The van der Waals surface area contributed by atoms with Crippen LogP contribution in [0.1, 0.15) is 79.8 Å². The smallest absolute Gasteiger partial charge is 0.262 e. The number of benzene rings is 2. The summed E-state index contributed by atoms with van der Waals surface area (Å²) in [6, 6.07) is 11.1. The number of phenols is 2. The Bertz CT molecular complexity index is 918. The Kier molecular flexibility index (Phi) is 7.20. The van der Waals surface area contributed by atoms with Crippen LogP contribution in [0, 0.1) is 0 Å². The number of carbonyl (C=O) groups excluding carboxylic acids is 1. The topological polar surface area (TPSA) is 60.8 Å². The number of aryl methyl sites for hydroxylation is 1. The predicted molar refractivity (Wildman–Crippen MR) is 123 cm³/mol. The molecule has 0 radical (unpaired) electrons. The predicted octanol–water partition coefficient (Wildman–Crippen LogP) is 6.32. The van der Waals surface area contributed by atoms with Crippen LogP contribution in [0.4, 0.5) is 5.69 Å². The van der Waals surface area contributed by atoms with Crippen LogP contribution in [-0.2, 0) is 6.42 Å². The Balaban J connectivity index is 2.08. The Morgan fingerprint density at radius 3 is 2.57 bits per heavy atom. The summed E-state index contributed by atoms with van der Waals surface area (Å²) < 4.78 is 0. The summed E-state index contributed by atoms with van der Waals surface area (Å²) in [5, 5.41) is 22.1. The van der Waals surface area contributed by atoms with E-state index in [9.17, 15) is 15.0 Å². The van der Waals surface area contributed by atoms with Crippen LogP contribution < -0.4 is 4.90 Å². The zero-order valence-corrected chi connectivity index (χ0v) is 18.3. The fourth-order valence-corrected chi connectivity index (χ4v) is 4.36. The first kappa shape index (κ1) is 21.9. The maximum Gasteiger partial charge on any atom is 0.262 e. The highest BCUT2D eigenvalue weighted by Crippen LogP contribution is 2.44. The number of rotatable bonds is 7. The van der Waals surface area contributed by atoms with E-state index in [0.29, 0.717) is 23.1 Å². The van der Waals surface area contributed by atoms with Crippen LogP contribution in [0.3, 0.4) is 0 Å². The highest BCUT2D eigenvalue weighted by Gasteiger charge is 2.29. The number of para-hydroxylation sites is 1. The molecule has 30 heavy (non-hydrogen) atoms. The second-order valence-corrected chi connectivity index (χ2v) is 8.36. The molecule has 1 amide bonds. The van der Waals surface area contributed by atoms with Gasteiger partial charge in [0, 0.05) is 24.2 Å². The van der Waals surface area contributed by atoms with E-state index in [1.807, 2.05) is 30.3 Å². The molecule has 0 heterocycles. The first-order valence-electron chi connectivity index (χ1n) is 11.0. The molecule has 0 saturated carbocycles. The van der Waals surface area contributed by atoms with E-state index in [2.05, 4.69) is 19.9 Å². The van der Waals surface area contributed by atoms with Crippen LogP contribution in [0.5, 0.6) is 11.5 Å². The van der Waals surface area contributed by atoms with Crippen LogP contribution >= 0.6 is 0 Å². The van der Waals surface area contributed by atoms with E-state index in [4.69, 9.17) is 0 Å². The Hall–Kier alpha value is -2.75. The Labute approximate surface area is 179 Å². The molecule has 4 heteroatoms. The molecule has 0 bridgehead atoms. The Morgan fingerprint density at radius 2 is 1.90 bits per heavy atom. The minimum absolute atomic E-state index is 0.0646. The quantitative estimate of drug-likeness (QED) is 0.417. The fourth-order valence-electron chi connectivity index (χ4n) is 4.36. The standard InChI is InChI=1S/C26H33NO3/c1-4-5-7-12-20-17-22(28)23(19-13-10-11-18(2)16-19)25(29)24(20)26(30)27(3)21-14-8-6-9-15-21/h6,8-9,14-17,19,28-29H,4-5,7,10-13H2,1-3H3. The van der Waals surface area contributed by atoms with Gasteiger partial charge in [-0.05, 0) is 62.8 Å². The number of phenolic OH excluding ortho intramolecular Hbond substituents is 2. The van der Waals surface area contributed by atoms with Crippen molar-refractivity contribution in [2.24, 2.45) is 0 Å². The largest absolute Gasteiger partial charge is 0.507 e. The van der Waals surface area contributed by atoms with Crippen molar-refractivity contribution in [2.75, 3.05) is 11.9 Å². The molecule has 0 fully saturated rings. The molecule has 160 valence electrons. The van der Waals surface area contributed by atoms with Gasteiger partial charge in [-0.1, -0.05) is 49.6 Å². The molecule has 0 aromatic heterocycles. The minimum Gasteiger partial charge on any atom is -0.507 e. The van der Waals surface area contributed by atoms with Gasteiger partial charge in [0.15, 0.2) is 0 Å². The molecular formula is C26H33NO3. The highest BCUT2D eigenvalue weighted by molar-refractivity contribution is 6.09. The lowest BCUT2D eigenvalue weighted by atomic mass is 9.83. The molecule has 1 aliphatic carbocycles. The fraction of sp³-hybridized carbons (Fsp3) is 0.423. The van der Waals surface area contributed by atoms with Gasteiger partial charge in [0.1, 0.15) is 11.5 Å². The maximum atomic E-state index is 13.5. The van der Waals surface area contributed by atoms with Gasteiger partial charge in [0.05, 0.1) is 5.56 Å². The molecule has 2 aromatic carbocycles. The number of anilines is 1. The number of amides is 1. The van der Waals surface area contributed by atoms with Crippen molar-refractivity contribution in [1.29, 1.82) is 0 Å². The minimum atomic E-state index is -0.247. The highest BCUT2D eigenvalue weighted by atomic mass is 16.3. The summed E-state index contributed by atoms with van der Waals surface area (Å²) in [4.78, 5) is 15.1. The third-order valence-electron chi connectivity index (χ3n) is 6.05. The number of unbranched alkanes of at least 4 members (excludes halogenated alkanes) is 2. The number of hydrogen-bond donors (Lipinski definition) is 2. The van der Waals surface area contributed by atoms with Crippen molar-refractivity contribution in [1.82, 2.24) is 0 Å². The van der Waals surface area contributed by atoms with Gasteiger partial charge < -0.3 is 15.1 Å². The van der Waals surface area contributed by atoms with E-state index >= 15 is 0 Å². The van der Waals surface area contributed by atoms with Gasteiger partial charge in [-0.25, -0.2) is 0 Å². The normalized spacial score (nSPS) is 16.2. The number of nitrogens with zero attached hydrogens (tertiary/aromatic N) is 1. The maximum absolute atomic E-state index is 13.5. The van der Waals surface area contributed by atoms with Crippen molar-refractivity contribution >= 4 is 11.6 Å². The van der Waals surface area contributed by atoms with E-state index in [-0.39, 0.29) is 23.3 Å². The van der Waals surface area contributed by atoms with E-state index in [1.165, 1.54) is 5.57 Å². The molecule has 4 nitrogen and oxygen atoms in total. The number of allylic oxidation sites excluding steroid dienone is 2. The molecule has 1 aliphatic rings. The van der Waals surface area contributed by atoms with Gasteiger partial charge in [0.25, 0.3) is 5.91 Å². The Morgan fingerprint density at radius 1 is 1.17 bits per heavy atom. The molecule has 3 rings (SSSR count). The van der Waals surface area contributed by atoms with Gasteiger partial charge in [-0.15, -0.1) is 0 Å². The monoisotopic (exact) mass is 407 g/mol. The third kappa shape index (κ3) is 4.69. The molecule has 2 N–H and O–H groups in total. The number of aromatic hydroxyl groups is 2. The zero-order chi connectivity index (χ0) is 21.7. The van der Waals surface area contributed by atoms with Gasteiger partial charge in [-0.2, -0.15) is 0 Å².